The Morgan fingerprint density at radius 3 is 2.61 bits per heavy atom. The molecule has 0 spiro atoms. The summed E-state index contributed by atoms with van der Waals surface area (Å²) < 4.78 is 6.93. The van der Waals surface area contributed by atoms with Gasteiger partial charge in [0.2, 0.25) is 5.91 Å². The van der Waals surface area contributed by atoms with Gasteiger partial charge in [0.1, 0.15) is 5.76 Å². The summed E-state index contributed by atoms with van der Waals surface area (Å²) in [7, 11) is 0. The van der Waals surface area contributed by atoms with Crippen molar-refractivity contribution in [2.45, 2.75) is 30.8 Å². The van der Waals surface area contributed by atoms with E-state index in [1.165, 1.54) is 29.5 Å². The zero-order valence-corrected chi connectivity index (χ0v) is 19.4. The molecule has 2 heterocycles. The van der Waals surface area contributed by atoms with Crippen molar-refractivity contribution >= 4 is 51.6 Å². The van der Waals surface area contributed by atoms with Gasteiger partial charge >= 0.3 is 0 Å². The number of benzene rings is 2. The molecule has 4 rings (SSSR count). The van der Waals surface area contributed by atoms with Gasteiger partial charge in [0, 0.05) is 23.2 Å². The normalized spacial score (nSPS) is 12.0. The quantitative estimate of drug-likeness (QED) is 0.226. The van der Waals surface area contributed by atoms with Crippen LogP contribution in [-0.2, 0) is 11.3 Å². The predicted molar refractivity (Wildman–Crippen MR) is 129 cm³/mol. The van der Waals surface area contributed by atoms with Gasteiger partial charge in [0.05, 0.1) is 29.0 Å². The van der Waals surface area contributed by atoms with Crippen LogP contribution >= 0.6 is 23.4 Å². The number of aromatic nitrogens is 2. The van der Waals surface area contributed by atoms with Crippen LogP contribution in [0.2, 0.25) is 5.02 Å². The standard InChI is InChI=1S/C24H20ClN3O4S/c1-14(22(30)16-5-8-18(9-6-16)26-15(2)29)33-24-27-21-12-17(25)7-10-20(21)23(31)28(24)13-19-4-3-11-32-19/h3-12,14H,13H2,1-2H3,(H,26,29). The highest BCUT2D eigenvalue weighted by atomic mass is 35.5. The molecule has 0 bridgehead atoms. The summed E-state index contributed by atoms with van der Waals surface area (Å²) in [4.78, 5) is 42.1. The molecular formula is C24H20ClN3O4S. The number of Topliss-reactive ketones (excluding diaryl/α,β-unsaturated/α-hetero) is 1. The molecule has 7 nitrogen and oxygen atoms in total. The fraction of sp³-hybridized carbons (Fsp3) is 0.167. The lowest BCUT2D eigenvalue weighted by molar-refractivity contribution is -0.114. The van der Waals surface area contributed by atoms with Gasteiger partial charge in [0.15, 0.2) is 10.9 Å². The fourth-order valence-corrected chi connectivity index (χ4v) is 4.48. The van der Waals surface area contributed by atoms with E-state index in [-0.39, 0.29) is 23.8 Å². The summed E-state index contributed by atoms with van der Waals surface area (Å²) in [6.45, 7) is 3.37. The lowest BCUT2D eigenvalue weighted by atomic mass is 10.1. The van der Waals surface area contributed by atoms with Gasteiger partial charge in [-0.2, -0.15) is 0 Å². The Hall–Kier alpha value is -3.36. The van der Waals surface area contributed by atoms with E-state index < -0.39 is 5.25 Å². The number of hydrogen-bond acceptors (Lipinski definition) is 6. The first-order valence-corrected chi connectivity index (χ1v) is 11.4. The maximum atomic E-state index is 13.2. The van der Waals surface area contributed by atoms with Crippen molar-refractivity contribution in [3.63, 3.8) is 0 Å². The van der Waals surface area contributed by atoms with Crippen LogP contribution in [0.3, 0.4) is 0 Å². The minimum atomic E-state index is -0.525. The third-order valence-corrected chi connectivity index (χ3v) is 6.24. The number of nitrogens with one attached hydrogen (secondary N) is 1. The average molecular weight is 482 g/mol. The van der Waals surface area contributed by atoms with Crippen molar-refractivity contribution in [1.82, 2.24) is 9.55 Å². The lowest BCUT2D eigenvalue weighted by Crippen LogP contribution is -2.25. The Morgan fingerprint density at radius 1 is 1.18 bits per heavy atom. The molecule has 1 atom stereocenters. The number of furan rings is 1. The maximum Gasteiger partial charge on any atom is 0.262 e. The zero-order valence-electron chi connectivity index (χ0n) is 17.9. The first-order valence-electron chi connectivity index (χ1n) is 10.1. The molecule has 0 radical (unpaired) electrons. The third-order valence-electron chi connectivity index (χ3n) is 4.92. The van der Waals surface area contributed by atoms with E-state index in [9.17, 15) is 14.4 Å². The highest BCUT2D eigenvalue weighted by Crippen LogP contribution is 2.27. The number of rotatable bonds is 7. The van der Waals surface area contributed by atoms with Crippen molar-refractivity contribution in [1.29, 1.82) is 0 Å². The number of carbonyl (C=O) groups excluding carboxylic acids is 2. The van der Waals surface area contributed by atoms with Gasteiger partial charge in [-0.3, -0.25) is 19.0 Å². The van der Waals surface area contributed by atoms with Gasteiger partial charge < -0.3 is 9.73 Å². The van der Waals surface area contributed by atoms with Crippen LogP contribution in [0.5, 0.6) is 0 Å². The van der Waals surface area contributed by atoms with E-state index in [0.717, 1.165) is 0 Å². The summed E-state index contributed by atoms with van der Waals surface area (Å²) in [6, 6.07) is 15.1. The first kappa shape index (κ1) is 22.8. The van der Waals surface area contributed by atoms with Gasteiger partial charge in [-0.15, -0.1) is 0 Å². The van der Waals surface area contributed by atoms with Crippen molar-refractivity contribution in [3.05, 3.63) is 87.6 Å². The number of carbonyl (C=O) groups is 2. The van der Waals surface area contributed by atoms with Crippen LogP contribution in [0.4, 0.5) is 5.69 Å². The Balaban J connectivity index is 1.66. The van der Waals surface area contributed by atoms with Crippen molar-refractivity contribution in [3.8, 4) is 0 Å². The number of fused-ring (bicyclic) bond motifs is 1. The highest BCUT2D eigenvalue weighted by molar-refractivity contribution is 8.00. The minimum Gasteiger partial charge on any atom is -0.467 e. The molecule has 0 saturated carbocycles. The monoisotopic (exact) mass is 481 g/mol. The third kappa shape index (κ3) is 5.18. The number of thioether (sulfide) groups is 1. The molecule has 9 heteroatoms. The number of nitrogens with zero attached hydrogens (tertiary/aromatic N) is 2. The van der Waals surface area contributed by atoms with Crippen LogP contribution < -0.4 is 10.9 Å². The molecule has 0 fully saturated rings. The van der Waals surface area contributed by atoms with E-state index in [0.29, 0.717) is 38.1 Å². The molecule has 0 aliphatic rings. The summed E-state index contributed by atoms with van der Waals surface area (Å²) in [5.41, 5.74) is 1.33. The van der Waals surface area contributed by atoms with Crippen molar-refractivity contribution < 1.29 is 14.0 Å². The van der Waals surface area contributed by atoms with Crippen LogP contribution in [0.15, 0.2) is 75.2 Å². The molecule has 1 unspecified atom stereocenters. The Morgan fingerprint density at radius 2 is 1.94 bits per heavy atom. The van der Waals surface area contributed by atoms with Crippen molar-refractivity contribution in [2.24, 2.45) is 0 Å². The molecule has 0 saturated heterocycles. The first-order chi connectivity index (χ1) is 15.8. The molecule has 0 aliphatic heterocycles. The summed E-state index contributed by atoms with van der Waals surface area (Å²) in [6.07, 6.45) is 1.54. The summed E-state index contributed by atoms with van der Waals surface area (Å²) in [5.74, 6) is 0.288. The van der Waals surface area contributed by atoms with E-state index in [1.807, 2.05) is 0 Å². The smallest absolute Gasteiger partial charge is 0.262 e. The van der Waals surface area contributed by atoms with Gasteiger partial charge in [0.25, 0.3) is 5.56 Å². The van der Waals surface area contributed by atoms with Crippen LogP contribution in [0.1, 0.15) is 30.0 Å². The van der Waals surface area contributed by atoms with Gasteiger partial charge in [-0.05, 0) is 61.5 Å². The van der Waals surface area contributed by atoms with Crippen molar-refractivity contribution in [2.75, 3.05) is 5.32 Å². The second-order valence-corrected chi connectivity index (χ2v) is 9.15. The minimum absolute atomic E-state index is 0.126. The van der Waals surface area contributed by atoms with E-state index in [4.69, 9.17) is 16.0 Å². The summed E-state index contributed by atoms with van der Waals surface area (Å²) in [5, 5.41) is 3.44. The predicted octanol–water partition coefficient (Wildman–Crippen LogP) is 5.01. The number of amides is 1. The molecule has 33 heavy (non-hydrogen) atoms. The fourth-order valence-electron chi connectivity index (χ4n) is 3.33. The molecule has 2 aromatic heterocycles. The number of halogens is 1. The number of hydrogen-bond donors (Lipinski definition) is 1. The van der Waals surface area contributed by atoms with Gasteiger partial charge in [-0.1, -0.05) is 23.4 Å². The van der Waals surface area contributed by atoms with Crippen LogP contribution in [0.25, 0.3) is 10.9 Å². The molecule has 0 aliphatic carbocycles. The molecule has 2 aromatic carbocycles. The van der Waals surface area contributed by atoms with E-state index in [1.54, 1.807) is 61.5 Å². The summed E-state index contributed by atoms with van der Waals surface area (Å²) >= 11 is 7.30. The molecule has 168 valence electrons. The second-order valence-electron chi connectivity index (χ2n) is 7.41. The highest BCUT2D eigenvalue weighted by Gasteiger charge is 2.21. The van der Waals surface area contributed by atoms with E-state index >= 15 is 0 Å². The Labute approximate surface area is 198 Å². The molecule has 1 N–H and O–H groups in total. The molecular weight excluding hydrogens is 462 g/mol. The SMILES string of the molecule is CC(=O)Nc1ccc(C(=O)C(C)Sc2nc3cc(Cl)ccc3c(=O)n2Cc2ccco2)cc1. The van der Waals surface area contributed by atoms with E-state index in [2.05, 4.69) is 10.3 Å². The largest absolute Gasteiger partial charge is 0.467 e. The molecule has 1 amide bonds. The Bertz CT molecular complexity index is 1380. The number of ketones is 1. The molecule has 4 aromatic rings. The topological polar surface area (TPSA) is 94.2 Å². The van der Waals surface area contributed by atoms with Crippen LogP contribution in [-0.4, -0.2) is 26.5 Å². The average Bonchev–Trinajstić information content (AvgIpc) is 3.29. The lowest BCUT2D eigenvalue weighted by Gasteiger charge is -2.15. The Kier molecular flexibility index (Phi) is 6.67. The second kappa shape index (κ2) is 9.64. The zero-order chi connectivity index (χ0) is 23.5. The maximum absolute atomic E-state index is 13.2. The van der Waals surface area contributed by atoms with Crippen LogP contribution in [0, 0.1) is 0 Å². The van der Waals surface area contributed by atoms with Gasteiger partial charge in [-0.25, -0.2) is 4.98 Å². The number of anilines is 1.